The summed E-state index contributed by atoms with van der Waals surface area (Å²) in [5.41, 5.74) is 1.65. The third kappa shape index (κ3) is 4.36. The van der Waals surface area contributed by atoms with Gasteiger partial charge < -0.3 is 9.47 Å². The third-order valence-electron chi connectivity index (χ3n) is 4.43. The average molecular weight is 434 g/mol. The lowest BCUT2D eigenvalue weighted by Gasteiger charge is -2.11. The Hall–Kier alpha value is -2.63. The number of benzene rings is 3. The lowest BCUT2D eigenvalue weighted by Crippen LogP contribution is -2.17. The highest BCUT2D eigenvalue weighted by Crippen LogP contribution is 2.31. The first kappa shape index (κ1) is 19.7. The second-order valence-electron chi connectivity index (χ2n) is 6.46. The number of halogens is 4. The van der Waals surface area contributed by atoms with Gasteiger partial charge in [0.05, 0.1) is 5.02 Å². The summed E-state index contributed by atoms with van der Waals surface area (Å²) < 4.78 is 38.9. The predicted octanol–water partition coefficient (Wildman–Crippen LogP) is 6.16. The van der Waals surface area contributed by atoms with E-state index in [1.165, 1.54) is 6.07 Å². The van der Waals surface area contributed by atoms with Gasteiger partial charge in [0, 0.05) is 5.02 Å². The molecule has 29 heavy (non-hydrogen) atoms. The number of hydrogen-bond donors (Lipinski definition) is 0. The van der Waals surface area contributed by atoms with Gasteiger partial charge in [0.25, 0.3) is 0 Å². The van der Waals surface area contributed by atoms with Gasteiger partial charge in [-0.1, -0.05) is 47.5 Å². The molecule has 1 aliphatic rings. The smallest absolute Gasteiger partial charge is 0.222 e. The fourth-order valence-corrected chi connectivity index (χ4v) is 3.33. The summed E-state index contributed by atoms with van der Waals surface area (Å²) in [5.74, 6) is -0.999. The quantitative estimate of drug-likeness (QED) is 0.482. The van der Waals surface area contributed by atoms with Crippen LogP contribution in [0.5, 0.6) is 5.75 Å². The molecule has 0 bridgehead atoms. The van der Waals surface area contributed by atoms with E-state index >= 15 is 0 Å². The fraction of sp³-hybridized carbons (Fsp3) is 0.136. The minimum absolute atomic E-state index is 0.0571. The monoisotopic (exact) mass is 433 g/mol. The maximum atomic E-state index is 13.9. The van der Waals surface area contributed by atoms with E-state index in [0.717, 1.165) is 23.3 Å². The molecule has 3 aromatic carbocycles. The Kier molecular flexibility index (Phi) is 5.69. The maximum absolute atomic E-state index is 13.9. The zero-order chi connectivity index (χ0) is 20.4. The summed E-state index contributed by atoms with van der Waals surface area (Å²) in [6.45, 7) is 0.336. The topological polar surface area (TPSA) is 30.8 Å². The molecule has 0 fully saturated rings. The Morgan fingerprint density at radius 2 is 1.66 bits per heavy atom. The average Bonchev–Trinajstić information content (AvgIpc) is 3.16. The molecule has 3 aromatic rings. The van der Waals surface area contributed by atoms with Crippen LogP contribution in [-0.2, 0) is 4.74 Å². The number of hydrogen-bond acceptors (Lipinski definition) is 3. The SMILES string of the molecule is Fc1cccc(F)c1C1=NC(COc2ccc(-c3ccc(Cl)cc3)cc2Cl)CO1. The van der Waals surface area contributed by atoms with Gasteiger partial charge >= 0.3 is 0 Å². The highest BCUT2D eigenvalue weighted by atomic mass is 35.5. The van der Waals surface area contributed by atoms with Crippen LogP contribution < -0.4 is 4.74 Å². The van der Waals surface area contributed by atoms with E-state index in [1.807, 2.05) is 30.3 Å². The molecule has 0 saturated carbocycles. The molecule has 0 spiro atoms. The van der Waals surface area contributed by atoms with Gasteiger partial charge in [-0.05, 0) is 47.5 Å². The van der Waals surface area contributed by atoms with E-state index in [4.69, 9.17) is 32.7 Å². The summed E-state index contributed by atoms with van der Waals surface area (Å²) in [6, 6.07) is 16.1. The Morgan fingerprint density at radius 1 is 0.966 bits per heavy atom. The molecule has 148 valence electrons. The zero-order valence-corrected chi connectivity index (χ0v) is 16.6. The minimum Gasteiger partial charge on any atom is -0.490 e. The molecule has 0 N–H and O–H groups in total. The van der Waals surface area contributed by atoms with Crippen molar-refractivity contribution in [3.63, 3.8) is 0 Å². The van der Waals surface area contributed by atoms with E-state index in [9.17, 15) is 8.78 Å². The molecule has 0 amide bonds. The highest BCUT2D eigenvalue weighted by molar-refractivity contribution is 6.32. The second-order valence-corrected chi connectivity index (χ2v) is 7.30. The van der Waals surface area contributed by atoms with Crippen molar-refractivity contribution in [2.24, 2.45) is 4.99 Å². The third-order valence-corrected chi connectivity index (χ3v) is 4.98. The van der Waals surface area contributed by atoms with Crippen LogP contribution >= 0.6 is 23.2 Å². The van der Waals surface area contributed by atoms with Gasteiger partial charge in [-0.3, -0.25) is 0 Å². The first-order valence-corrected chi connectivity index (χ1v) is 9.60. The summed E-state index contributed by atoms with van der Waals surface area (Å²) in [5, 5.41) is 1.11. The van der Waals surface area contributed by atoms with Crippen LogP contribution in [0.1, 0.15) is 5.56 Å². The number of aliphatic imine (C=N–C) groups is 1. The number of ether oxygens (including phenoxy) is 2. The molecule has 1 heterocycles. The van der Waals surface area contributed by atoms with Crippen LogP contribution in [0, 0.1) is 11.6 Å². The Morgan fingerprint density at radius 3 is 2.34 bits per heavy atom. The lowest BCUT2D eigenvalue weighted by atomic mass is 10.1. The molecule has 1 aliphatic heterocycles. The molecule has 7 heteroatoms. The summed E-state index contributed by atoms with van der Waals surface area (Å²) in [6.07, 6.45) is 0. The molecule has 3 nitrogen and oxygen atoms in total. The van der Waals surface area contributed by atoms with Crippen molar-refractivity contribution in [1.29, 1.82) is 0 Å². The van der Waals surface area contributed by atoms with Gasteiger partial charge in [-0.15, -0.1) is 0 Å². The molecule has 1 unspecified atom stereocenters. The first-order chi connectivity index (χ1) is 14.0. The van der Waals surface area contributed by atoms with Crippen molar-refractivity contribution in [3.8, 4) is 16.9 Å². The van der Waals surface area contributed by atoms with E-state index in [2.05, 4.69) is 4.99 Å². The van der Waals surface area contributed by atoms with Gasteiger partial charge in [0.15, 0.2) is 0 Å². The zero-order valence-electron chi connectivity index (χ0n) is 15.0. The summed E-state index contributed by atoms with van der Waals surface area (Å²) in [7, 11) is 0. The summed E-state index contributed by atoms with van der Waals surface area (Å²) >= 11 is 12.3. The van der Waals surface area contributed by atoms with Gasteiger partial charge in [0.1, 0.15) is 42.2 Å². The molecule has 1 atom stereocenters. The molecule has 0 saturated heterocycles. The molecule has 0 aromatic heterocycles. The van der Waals surface area contributed by atoms with Crippen molar-refractivity contribution >= 4 is 29.1 Å². The molecular weight excluding hydrogens is 419 g/mol. The van der Waals surface area contributed by atoms with E-state index in [1.54, 1.807) is 12.1 Å². The number of rotatable bonds is 5. The second kappa shape index (κ2) is 8.39. The van der Waals surface area contributed by atoms with E-state index < -0.39 is 17.7 Å². The van der Waals surface area contributed by atoms with Crippen LogP contribution in [0.4, 0.5) is 8.78 Å². The molecule has 4 rings (SSSR count). The normalized spacial score (nSPS) is 15.7. The highest BCUT2D eigenvalue weighted by Gasteiger charge is 2.25. The predicted molar refractivity (Wildman–Crippen MR) is 110 cm³/mol. The molecule has 0 radical (unpaired) electrons. The van der Waals surface area contributed by atoms with Gasteiger partial charge in [-0.2, -0.15) is 0 Å². The van der Waals surface area contributed by atoms with Crippen LogP contribution in [0.25, 0.3) is 11.1 Å². The van der Waals surface area contributed by atoms with Crippen molar-refractivity contribution in [3.05, 3.63) is 87.9 Å². The first-order valence-electron chi connectivity index (χ1n) is 8.84. The van der Waals surface area contributed by atoms with Crippen LogP contribution in [0.2, 0.25) is 10.0 Å². The van der Waals surface area contributed by atoms with Crippen LogP contribution in [-0.4, -0.2) is 25.2 Å². The van der Waals surface area contributed by atoms with Crippen molar-refractivity contribution in [2.75, 3.05) is 13.2 Å². The molecule has 0 aliphatic carbocycles. The van der Waals surface area contributed by atoms with Crippen LogP contribution in [0.15, 0.2) is 65.7 Å². The van der Waals surface area contributed by atoms with Gasteiger partial charge in [0.2, 0.25) is 5.90 Å². The van der Waals surface area contributed by atoms with Crippen LogP contribution in [0.3, 0.4) is 0 Å². The number of nitrogens with zero attached hydrogens (tertiary/aromatic N) is 1. The van der Waals surface area contributed by atoms with Gasteiger partial charge in [-0.25, -0.2) is 13.8 Å². The van der Waals surface area contributed by atoms with E-state index in [0.29, 0.717) is 15.8 Å². The Balaban J connectivity index is 1.44. The Bertz CT molecular complexity index is 1050. The Labute approximate surface area is 176 Å². The van der Waals surface area contributed by atoms with Crippen molar-refractivity contribution in [2.45, 2.75) is 6.04 Å². The fourth-order valence-electron chi connectivity index (χ4n) is 2.97. The maximum Gasteiger partial charge on any atom is 0.222 e. The molecular formula is C22H15Cl2F2NO2. The van der Waals surface area contributed by atoms with Crippen molar-refractivity contribution < 1.29 is 18.3 Å². The largest absolute Gasteiger partial charge is 0.490 e. The van der Waals surface area contributed by atoms with Crippen molar-refractivity contribution in [1.82, 2.24) is 0 Å². The lowest BCUT2D eigenvalue weighted by molar-refractivity contribution is 0.242. The standard InChI is InChI=1S/C22H15Cl2F2NO2/c23-15-7-4-13(5-8-15)14-6-9-20(17(24)10-14)28-11-16-12-29-22(27-16)21-18(25)2-1-3-19(21)26/h1-10,16H,11-12H2. The van der Waals surface area contributed by atoms with E-state index in [-0.39, 0.29) is 24.7 Å². The summed E-state index contributed by atoms with van der Waals surface area (Å²) in [4.78, 5) is 4.23. The minimum atomic E-state index is -0.717.